The molecule has 3 atom stereocenters. The van der Waals surface area contributed by atoms with Crippen molar-refractivity contribution >= 4 is 36.6 Å². The molecule has 4 rings (SSSR count). The molecule has 0 amide bonds. The smallest absolute Gasteiger partial charge is 0.261 e. The van der Waals surface area contributed by atoms with E-state index in [1.807, 2.05) is 19.9 Å². The maximum Gasteiger partial charge on any atom is 0.261 e. The van der Waals surface area contributed by atoms with Gasteiger partial charge in [-0.05, 0) is 67.2 Å². The van der Waals surface area contributed by atoms with Gasteiger partial charge in [-0.25, -0.2) is 8.42 Å². The first-order valence-corrected chi connectivity index (χ1v) is 23.5. The van der Waals surface area contributed by atoms with E-state index in [-0.39, 0.29) is 11.1 Å². The zero-order chi connectivity index (χ0) is 33.2. The molecule has 0 aromatic heterocycles. The van der Waals surface area contributed by atoms with Crippen LogP contribution in [-0.2, 0) is 23.7 Å². The summed E-state index contributed by atoms with van der Waals surface area (Å²) in [6.45, 7) is 20.1. The van der Waals surface area contributed by atoms with E-state index in [4.69, 9.17) is 13.9 Å². The predicted octanol–water partition coefficient (Wildman–Crippen LogP) is 7.82. The maximum atomic E-state index is 14.0. The standard InChI is InChI=1S/C37H54O5SSi2/c1-35(2,3)45(33-21-15-11-16-22-33,34-23-17-12-18-24-34)40-26-25-30-27-37(6,42-36(4,5)41-30)28-32(29-44(7,8)9)43(38,39)31-19-13-10-14-20-31/h10-24,30,32H,25-29H2,1-9H3/t30-,32?,37-/m0/s1. The van der Waals surface area contributed by atoms with Crippen molar-refractivity contribution in [3.8, 4) is 0 Å². The van der Waals surface area contributed by atoms with Crippen LogP contribution in [0.1, 0.15) is 60.8 Å². The minimum Gasteiger partial charge on any atom is -0.407 e. The van der Waals surface area contributed by atoms with Gasteiger partial charge >= 0.3 is 0 Å². The number of hydrogen-bond donors (Lipinski definition) is 0. The lowest BCUT2D eigenvalue weighted by atomic mass is 9.89. The van der Waals surface area contributed by atoms with Gasteiger partial charge in [0.1, 0.15) is 0 Å². The summed E-state index contributed by atoms with van der Waals surface area (Å²) >= 11 is 0. The average molecular weight is 667 g/mol. The maximum absolute atomic E-state index is 14.0. The third-order valence-electron chi connectivity index (χ3n) is 8.79. The van der Waals surface area contributed by atoms with E-state index in [1.54, 1.807) is 24.3 Å². The van der Waals surface area contributed by atoms with Gasteiger partial charge in [0, 0.05) is 21.1 Å². The highest BCUT2D eigenvalue weighted by Crippen LogP contribution is 2.42. The molecule has 45 heavy (non-hydrogen) atoms. The van der Waals surface area contributed by atoms with E-state index in [9.17, 15) is 8.42 Å². The van der Waals surface area contributed by atoms with Crippen LogP contribution in [0, 0.1) is 0 Å². The summed E-state index contributed by atoms with van der Waals surface area (Å²) in [7, 11) is -7.97. The minimum atomic E-state index is -3.55. The second-order valence-electron chi connectivity index (χ2n) is 15.6. The first kappa shape index (κ1) is 35.8. The fourth-order valence-electron chi connectivity index (χ4n) is 7.23. The molecule has 3 aromatic carbocycles. The third-order valence-corrected chi connectivity index (χ3v) is 18.0. The van der Waals surface area contributed by atoms with Crippen LogP contribution in [0.5, 0.6) is 0 Å². The Kier molecular flexibility index (Phi) is 10.8. The van der Waals surface area contributed by atoms with E-state index in [2.05, 4.69) is 108 Å². The quantitative estimate of drug-likeness (QED) is 0.185. The SMILES string of the molecule is CC1(C)O[C@@H](CCO[Si](c2ccccc2)(c2ccccc2)C(C)(C)C)C[C@@](C)(CC(C[Si](C)(C)C)S(=O)(=O)c2ccccc2)O1. The molecule has 0 N–H and O–H groups in total. The van der Waals surface area contributed by atoms with Crippen LogP contribution in [0.2, 0.25) is 30.7 Å². The molecular formula is C37H54O5SSi2. The van der Waals surface area contributed by atoms with Gasteiger partial charge in [0.15, 0.2) is 15.6 Å². The van der Waals surface area contributed by atoms with Crippen LogP contribution in [0.3, 0.4) is 0 Å². The van der Waals surface area contributed by atoms with E-state index < -0.39 is 42.9 Å². The summed E-state index contributed by atoms with van der Waals surface area (Å²) in [4.78, 5) is 0.387. The second kappa shape index (κ2) is 13.6. The van der Waals surface area contributed by atoms with Crippen LogP contribution in [0.25, 0.3) is 0 Å². The number of hydrogen-bond acceptors (Lipinski definition) is 5. The van der Waals surface area contributed by atoms with Gasteiger partial charge in [-0.1, -0.05) is 119 Å². The molecule has 1 heterocycles. The van der Waals surface area contributed by atoms with Crippen LogP contribution in [0.4, 0.5) is 0 Å². The molecule has 0 bridgehead atoms. The molecule has 0 aliphatic carbocycles. The van der Waals surface area contributed by atoms with Crippen molar-refractivity contribution in [3.63, 3.8) is 0 Å². The van der Waals surface area contributed by atoms with Gasteiger partial charge < -0.3 is 13.9 Å². The lowest BCUT2D eigenvalue weighted by Gasteiger charge is -2.48. The van der Waals surface area contributed by atoms with Crippen molar-refractivity contribution in [3.05, 3.63) is 91.0 Å². The molecule has 8 heteroatoms. The third kappa shape index (κ3) is 8.64. The molecule has 0 saturated carbocycles. The molecule has 3 aromatic rings. The number of rotatable bonds is 12. The summed E-state index contributed by atoms with van der Waals surface area (Å²) in [6.07, 6.45) is 1.58. The predicted molar refractivity (Wildman–Crippen MR) is 191 cm³/mol. The Morgan fingerprint density at radius 2 is 1.33 bits per heavy atom. The van der Waals surface area contributed by atoms with Crippen molar-refractivity contribution in [2.24, 2.45) is 0 Å². The van der Waals surface area contributed by atoms with E-state index in [1.165, 1.54) is 10.4 Å². The normalized spacial score (nSPS) is 21.8. The highest BCUT2D eigenvalue weighted by atomic mass is 32.2. The molecule has 1 unspecified atom stereocenters. The zero-order valence-corrected chi connectivity index (χ0v) is 31.6. The zero-order valence-electron chi connectivity index (χ0n) is 28.8. The average Bonchev–Trinajstić information content (AvgIpc) is 2.94. The van der Waals surface area contributed by atoms with Gasteiger partial charge in [0.2, 0.25) is 0 Å². The molecular weight excluding hydrogens is 613 g/mol. The fourth-order valence-corrected chi connectivity index (χ4v) is 17.2. The largest absolute Gasteiger partial charge is 0.407 e. The lowest BCUT2D eigenvalue weighted by molar-refractivity contribution is -0.331. The van der Waals surface area contributed by atoms with E-state index in [0.29, 0.717) is 36.8 Å². The summed E-state index contributed by atoms with van der Waals surface area (Å²) < 4.78 is 48.4. The van der Waals surface area contributed by atoms with Gasteiger partial charge in [-0.2, -0.15) is 0 Å². The van der Waals surface area contributed by atoms with Crippen molar-refractivity contribution in [2.45, 2.75) is 119 Å². The van der Waals surface area contributed by atoms with Crippen molar-refractivity contribution in [1.82, 2.24) is 0 Å². The summed E-state index contributed by atoms with van der Waals surface area (Å²) in [5, 5.41) is 1.86. The van der Waals surface area contributed by atoms with E-state index in [0.717, 1.165) is 0 Å². The Morgan fingerprint density at radius 3 is 1.80 bits per heavy atom. The minimum absolute atomic E-state index is 0.115. The second-order valence-corrected chi connectivity index (χ2v) is 27.7. The van der Waals surface area contributed by atoms with Crippen LogP contribution >= 0.6 is 0 Å². The number of ether oxygens (including phenoxy) is 2. The molecule has 5 nitrogen and oxygen atoms in total. The van der Waals surface area contributed by atoms with Crippen molar-refractivity contribution in [2.75, 3.05) is 6.61 Å². The van der Waals surface area contributed by atoms with Crippen molar-refractivity contribution < 1.29 is 22.3 Å². The van der Waals surface area contributed by atoms with Crippen LogP contribution in [-0.4, -0.2) is 54.2 Å². The Bertz CT molecular complexity index is 1440. The fraction of sp³-hybridized carbons (Fsp3) is 0.514. The van der Waals surface area contributed by atoms with Crippen LogP contribution in [0.15, 0.2) is 95.9 Å². The molecule has 1 saturated heterocycles. The molecule has 1 aliphatic heterocycles. The summed E-state index contributed by atoms with van der Waals surface area (Å²) in [6, 6.07) is 30.9. The highest BCUT2D eigenvalue weighted by Gasteiger charge is 2.51. The Labute approximate surface area is 274 Å². The van der Waals surface area contributed by atoms with Gasteiger partial charge in [-0.3, -0.25) is 0 Å². The van der Waals surface area contributed by atoms with Crippen LogP contribution < -0.4 is 10.4 Å². The first-order chi connectivity index (χ1) is 20.9. The molecule has 0 spiro atoms. The monoisotopic (exact) mass is 666 g/mol. The highest BCUT2D eigenvalue weighted by molar-refractivity contribution is 7.92. The van der Waals surface area contributed by atoms with Gasteiger partial charge in [-0.15, -0.1) is 0 Å². The van der Waals surface area contributed by atoms with Crippen molar-refractivity contribution in [1.29, 1.82) is 0 Å². The molecule has 1 aliphatic rings. The number of benzene rings is 3. The molecule has 246 valence electrons. The molecule has 0 radical (unpaired) electrons. The number of sulfone groups is 1. The molecule has 1 fully saturated rings. The Hall–Kier alpha value is -2.08. The summed E-state index contributed by atoms with van der Waals surface area (Å²) in [5.74, 6) is -0.852. The van der Waals surface area contributed by atoms with Gasteiger partial charge in [0.25, 0.3) is 8.32 Å². The van der Waals surface area contributed by atoms with E-state index >= 15 is 0 Å². The summed E-state index contributed by atoms with van der Waals surface area (Å²) in [5.41, 5.74) is -0.671. The van der Waals surface area contributed by atoms with Gasteiger partial charge in [0.05, 0.1) is 21.9 Å². The Morgan fingerprint density at radius 1 is 0.844 bits per heavy atom. The first-order valence-electron chi connectivity index (χ1n) is 16.3. The lowest BCUT2D eigenvalue weighted by Crippen LogP contribution is -2.66. The Balaban J connectivity index is 1.60. The topological polar surface area (TPSA) is 61.8 Å².